The van der Waals surface area contributed by atoms with Gasteiger partial charge in [-0.3, -0.25) is 9.59 Å². The van der Waals surface area contributed by atoms with Crippen LogP contribution in [-0.4, -0.2) is 35.0 Å². The minimum Gasteiger partial charge on any atom is -0.481 e. The molecule has 0 saturated carbocycles. The minimum atomic E-state index is -0.856. The largest absolute Gasteiger partial charge is 0.481 e. The zero-order valence-corrected chi connectivity index (χ0v) is 9.82. The second-order valence-electron chi connectivity index (χ2n) is 3.58. The van der Waals surface area contributed by atoms with Gasteiger partial charge in [0.1, 0.15) is 0 Å². The summed E-state index contributed by atoms with van der Waals surface area (Å²) in [5.41, 5.74) is 0. The monoisotopic (exact) mass is 215 g/mol. The van der Waals surface area contributed by atoms with Crippen molar-refractivity contribution in [2.24, 2.45) is 5.92 Å². The Morgan fingerprint density at radius 2 is 1.73 bits per heavy atom. The molecule has 88 valence electrons. The second kappa shape index (κ2) is 7.26. The molecule has 0 heterocycles. The molecule has 1 amide bonds. The standard InChI is InChI=1S/C11H21NO3/c1-4-9(5-2)11(15)12(6-3)8-7-10(13)14/h9H,4-8H2,1-3H3,(H,13,14). The van der Waals surface area contributed by atoms with Crippen molar-refractivity contribution in [3.8, 4) is 0 Å². The fourth-order valence-corrected chi connectivity index (χ4v) is 1.55. The van der Waals surface area contributed by atoms with Crippen LogP contribution in [0.5, 0.6) is 0 Å². The van der Waals surface area contributed by atoms with Gasteiger partial charge in [0.25, 0.3) is 0 Å². The van der Waals surface area contributed by atoms with Gasteiger partial charge < -0.3 is 10.0 Å². The van der Waals surface area contributed by atoms with Crippen LogP contribution in [0.15, 0.2) is 0 Å². The third kappa shape index (κ3) is 4.81. The fraction of sp³-hybridized carbons (Fsp3) is 0.818. The number of carboxylic acids is 1. The summed E-state index contributed by atoms with van der Waals surface area (Å²) in [5.74, 6) is -0.728. The van der Waals surface area contributed by atoms with Crippen LogP contribution in [0, 0.1) is 5.92 Å². The van der Waals surface area contributed by atoms with E-state index in [1.165, 1.54) is 0 Å². The zero-order chi connectivity index (χ0) is 11.8. The lowest BCUT2D eigenvalue weighted by atomic mass is 10.0. The highest BCUT2D eigenvalue weighted by atomic mass is 16.4. The van der Waals surface area contributed by atoms with Crippen LogP contribution >= 0.6 is 0 Å². The first-order valence-corrected chi connectivity index (χ1v) is 5.57. The van der Waals surface area contributed by atoms with E-state index in [-0.39, 0.29) is 18.2 Å². The maximum absolute atomic E-state index is 11.9. The average molecular weight is 215 g/mol. The molecule has 1 N–H and O–H groups in total. The van der Waals surface area contributed by atoms with Crippen LogP contribution < -0.4 is 0 Å². The van der Waals surface area contributed by atoms with E-state index in [1.54, 1.807) is 4.90 Å². The van der Waals surface area contributed by atoms with Crippen molar-refractivity contribution in [1.82, 2.24) is 4.90 Å². The van der Waals surface area contributed by atoms with Gasteiger partial charge in [-0.15, -0.1) is 0 Å². The maximum Gasteiger partial charge on any atom is 0.305 e. The topological polar surface area (TPSA) is 57.6 Å². The van der Waals surface area contributed by atoms with E-state index >= 15 is 0 Å². The van der Waals surface area contributed by atoms with E-state index in [2.05, 4.69) is 0 Å². The molecule has 4 heteroatoms. The molecule has 0 aromatic rings. The van der Waals surface area contributed by atoms with E-state index in [0.29, 0.717) is 13.1 Å². The Balaban J connectivity index is 4.25. The van der Waals surface area contributed by atoms with Crippen molar-refractivity contribution >= 4 is 11.9 Å². The number of hydrogen-bond donors (Lipinski definition) is 1. The van der Waals surface area contributed by atoms with Crippen LogP contribution in [0.4, 0.5) is 0 Å². The van der Waals surface area contributed by atoms with Gasteiger partial charge in [-0.2, -0.15) is 0 Å². The van der Waals surface area contributed by atoms with Crippen LogP contribution in [-0.2, 0) is 9.59 Å². The SMILES string of the molecule is CCC(CC)C(=O)N(CC)CCC(=O)O. The molecule has 0 bridgehead atoms. The normalized spacial score (nSPS) is 10.4. The van der Waals surface area contributed by atoms with Crippen molar-refractivity contribution in [1.29, 1.82) is 0 Å². The van der Waals surface area contributed by atoms with Gasteiger partial charge in [0.2, 0.25) is 5.91 Å². The zero-order valence-electron chi connectivity index (χ0n) is 9.82. The Morgan fingerprint density at radius 1 is 1.20 bits per heavy atom. The van der Waals surface area contributed by atoms with Gasteiger partial charge in [-0.05, 0) is 19.8 Å². The fourth-order valence-electron chi connectivity index (χ4n) is 1.55. The van der Waals surface area contributed by atoms with Crippen molar-refractivity contribution in [2.75, 3.05) is 13.1 Å². The Hall–Kier alpha value is -1.06. The van der Waals surface area contributed by atoms with E-state index in [9.17, 15) is 9.59 Å². The van der Waals surface area contributed by atoms with E-state index < -0.39 is 5.97 Å². The van der Waals surface area contributed by atoms with Gasteiger partial charge in [-0.25, -0.2) is 0 Å². The maximum atomic E-state index is 11.9. The third-order valence-electron chi connectivity index (χ3n) is 2.62. The number of carboxylic acid groups (broad SMARTS) is 1. The first kappa shape index (κ1) is 13.9. The van der Waals surface area contributed by atoms with Crippen molar-refractivity contribution in [3.05, 3.63) is 0 Å². The number of hydrogen-bond acceptors (Lipinski definition) is 2. The number of carbonyl (C=O) groups is 2. The summed E-state index contributed by atoms with van der Waals surface area (Å²) in [5, 5.41) is 8.55. The summed E-state index contributed by atoms with van der Waals surface area (Å²) in [7, 11) is 0. The van der Waals surface area contributed by atoms with E-state index in [4.69, 9.17) is 5.11 Å². The molecule has 0 radical (unpaired) electrons. The highest BCUT2D eigenvalue weighted by Gasteiger charge is 2.20. The second-order valence-corrected chi connectivity index (χ2v) is 3.58. The Labute approximate surface area is 91.3 Å². The van der Waals surface area contributed by atoms with Gasteiger partial charge >= 0.3 is 5.97 Å². The van der Waals surface area contributed by atoms with E-state index in [1.807, 2.05) is 20.8 Å². The van der Waals surface area contributed by atoms with E-state index in [0.717, 1.165) is 12.8 Å². The molecule has 0 unspecified atom stereocenters. The summed E-state index contributed by atoms with van der Waals surface area (Å²) in [6.07, 6.45) is 1.66. The number of nitrogens with zero attached hydrogens (tertiary/aromatic N) is 1. The number of amides is 1. The molecule has 0 aromatic carbocycles. The number of rotatable bonds is 7. The molecule has 0 saturated heterocycles. The Bertz CT molecular complexity index is 212. The highest BCUT2D eigenvalue weighted by Crippen LogP contribution is 2.12. The molecule has 0 fully saturated rings. The quantitative estimate of drug-likeness (QED) is 0.703. The molecule has 0 atom stereocenters. The number of carbonyl (C=O) groups excluding carboxylic acids is 1. The molecule has 0 rings (SSSR count). The molecule has 15 heavy (non-hydrogen) atoms. The number of aliphatic carboxylic acids is 1. The summed E-state index contributed by atoms with van der Waals surface area (Å²) in [4.78, 5) is 23.9. The Morgan fingerprint density at radius 3 is 2.07 bits per heavy atom. The van der Waals surface area contributed by atoms with Gasteiger partial charge in [0.05, 0.1) is 6.42 Å². The smallest absolute Gasteiger partial charge is 0.305 e. The lowest BCUT2D eigenvalue weighted by molar-refractivity contribution is -0.139. The minimum absolute atomic E-state index is 0.0275. The predicted molar refractivity (Wildman–Crippen MR) is 58.6 cm³/mol. The van der Waals surface area contributed by atoms with Crippen LogP contribution in [0.2, 0.25) is 0 Å². The molecular weight excluding hydrogens is 194 g/mol. The molecule has 4 nitrogen and oxygen atoms in total. The highest BCUT2D eigenvalue weighted by molar-refractivity contribution is 5.79. The molecule has 0 aliphatic heterocycles. The van der Waals surface area contributed by atoms with Crippen LogP contribution in [0.1, 0.15) is 40.0 Å². The molecule has 0 aliphatic carbocycles. The van der Waals surface area contributed by atoms with Crippen LogP contribution in [0.25, 0.3) is 0 Å². The first-order chi connectivity index (χ1) is 7.06. The van der Waals surface area contributed by atoms with Gasteiger partial charge in [0, 0.05) is 19.0 Å². The van der Waals surface area contributed by atoms with Gasteiger partial charge in [-0.1, -0.05) is 13.8 Å². The lowest BCUT2D eigenvalue weighted by Crippen LogP contribution is -2.37. The van der Waals surface area contributed by atoms with Gasteiger partial charge in [0.15, 0.2) is 0 Å². The predicted octanol–water partition coefficient (Wildman–Crippen LogP) is 1.75. The van der Waals surface area contributed by atoms with Crippen LogP contribution in [0.3, 0.4) is 0 Å². The molecule has 0 spiro atoms. The first-order valence-electron chi connectivity index (χ1n) is 5.57. The lowest BCUT2D eigenvalue weighted by Gasteiger charge is -2.24. The summed E-state index contributed by atoms with van der Waals surface area (Å²) >= 11 is 0. The average Bonchev–Trinajstić information content (AvgIpc) is 2.20. The van der Waals surface area contributed by atoms with Crippen molar-refractivity contribution in [2.45, 2.75) is 40.0 Å². The molecule has 0 aromatic heterocycles. The molecular formula is C11H21NO3. The summed E-state index contributed by atoms with van der Waals surface area (Å²) in [6.45, 7) is 6.75. The summed E-state index contributed by atoms with van der Waals surface area (Å²) < 4.78 is 0. The Kier molecular flexibility index (Phi) is 6.75. The van der Waals surface area contributed by atoms with Crippen molar-refractivity contribution < 1.29 is 14.7 Å². The van der Waals surface area contributed by atoms with Crippen molar-refractivity contribution in [3.63, 3.8) is 0 Å². The summed E-state index contributed by atoms with van der Waals surface area (Å²) in [6, 6.07) is 0. The molecule has 0 aliphatic rings. The third-order valence-corrected chi connectivity index (χ3v) is 2.62.